The van der Waals surface area contributed by atoms with Gasteiger partial charge in [-0.25, -0.2) is 0 Å². The fourth-order valence-electron chi connectivity index (χ4n) is 1.97. The van der Waals surface area contributed by atoms with Crippen molar-refractivity contribution in [3.63, 3.8) is 0 Å². The molecule has 0 radical (unpaired) electrons. The highest BCUT2D eigenvalue weighted by atomic mass is 16.5. The maximum atomic E-state index is 5.67. The highest BCUT2D eigenvalue weighted by Gasteiger charge is 2.18. The van der Waals surface area contributed by atoms with E-state index in [0.717, 1.165) is 52.4 Å². The predicted octanol–water partition coefficient (Wildman–Crippen LogP) is 1.15. The lowest BCUT2D eigenvalue weighted by Crippen LogP contribution is -2.43. The molecule has 112 valence electrons. The van der Waals surface area contributed by atoms with Crippen LogP contribution in [0, 0.1) is 5.41 Å². The van der Waals surface area contributed by atoms with E-state index < -0.39 is 0 Å². The molecule has 0 saturated carbocycles. The monoisotopic (exact) mass is 269 g/mol. The van der Waals surface area contributed by atoms with Crippen LogP contribution in [0.15, 0.2) is 12.2 Å². The molecule has 0 aromatic rings. The van der Waals surface area contributed by atoms with E-state index in [1.807, 2.05) is 0 Å². The summed E-state index contributed by atoms with van der Waals surface area (Å²) < 4.78 is 5.67. The van der Waals surface area contributed by atoms with Crippen LogP contribution >= 0.6 is 0 Å². The Morgan fingerprint density at radius 3 is 2.74 bits per heavy atom. The van der Waals surface area contributed by atoms with Crippen molar-refractivity contribution in [2.75, 3.05) is 45.9 Å². The number of hydrogen-bond donors (Lipinski definition) is 3. The van der Waals surface area contributed by atoms with Crippen molar-refractivity contribution >= 4 is 0 Å². The molecule has 1 atom stereocenters. The second kappa shape index (κ2) is 9.48. The van der Waals surface area contributed by atoms with Gasteiger partial charge in [-0.2, -0.15) is 0 Å². The van der Waals surface area contributed by atoms with Gasteiger partial charge in [-0.05, 0) is 18.8 Å². The summed E-state index contributed by atoms with van der Waals surface area (Å²) in [5, 5.41) is 10.5. The van der Waals surface area contributed by atoms with Crippen LogP contribution in [0.5, 0.6) is 0 Å². The third-order valence-corrected chi connectivity index (χ3v) is 3.24. The molecule has 0 bridgehead atoms. The van der Waals surface area contributed by atoms with Crippen molar-refractivity contribution < 1.29 is 4.74 Å². The number of rotatable bonds is 0. The summed E-state index contributed by atoms with van der Waals surface area (Å²) in [6.45, 7) is 13.4. The van der Waals surface area contributed by atoms with Gasteiger partial charge >= 0.3 is 0 Å². The molecule has 4 nitrogen and oxygen atoms in total. The Balaban J connectivity index is 2.36. The average Bonchev–Trinajstić information content (AvgIpc) is 2.36. The minimum atomic E-state index is 0.269. The zero-order valence-corrected chi connectivity index (χ0v) is 12.8. The fourth-order valence-corrected chi connectivity index (χ4v) is 1.97. The number of hydrogen-bond acceptors (Lipinski definition) is 4. The molecule has 1 aliphatic heterocycles. The molecule has 4 heteroatoms. The molecule has 1 unspecified atom stereocenters. The van der Waals surface area contributed by atoms with Crippen LogP contribution in [0.25, 0.3) is 0 Å². The van der Waals surface area contributed by atoms with Crippen LogP contribution in [0.1, 0.15) is 27.2 Å². The summed E-state index contributed by atoms with van der Waals surface area (Å²) in [6, 6.07) is 0.415. The molecule has 0 saturated heterocycles. The lowest BCUT2D eigenvalue weighted by Gasteiger charge is -2.27. The summed E-state index contributed by atoms with van der Waals surface area (Å²) in [4.78, 5) is 0. The van der Waals surface area contributed by atoms with E-state index in [-0.39, 0.29) is 5.41 Å². The Labute approximate surface area is 118 Å². The SMILES string of the molecule is CC1COCCC=CCNCCNCC(C)(C)CN1. The minimum absolute atomic E-state index is 0.269. The van der Waals surface area contributed by atoms with Crippen molar-refractivity contribution in [2.24, 2.45) is 5.41 Å². The lowest BCUT2D eigenvalue weighted by atomic mass is 9.93. The normalized spacial score (nSPS) is 28.1. The van der Waals surface area contributed by atoms with Gasteiger partial charge in [0.15, 0.2) is 0 Å². The van der Waals surface area contributed by atoms with Gasteiger partial charge in [-0.15, -0.1) is 0 Å². The Bertz CT molecular complexity index is 254. The molecule has 3 N–H and O–H groups in total. The van der Waals surface area contributed by atoms with Gasteiger partial charge in [0.25, 0.3) is 0 Å². The van der Waals surface area contributed by atoms with Gasteiger partial charge in [0.1, 0.15) is 0 Å². The molecule has 0 aromatic carbocycles. The van der Waals surface area contributed by atoms with Crippen LogP contribution in [0.2, 0.25) is 0 Å². The minimum Gasteiger partial charge on any atom is -0.380 e. The third kappa shape index (κ3) is 9.16. The molecule has 1 rings (SSSR count). The van der Waals surface area contributed by atoms with E-state index in [4.69, 9.17) is 4.74 Å². The van der Waals surface area contributed by atoms with Gasteiger partial charge in [-0.1, -0.05) is 26.0 Å². The highest BCUT2D eigenvalue weighted by molar-refractivity contribution is 4.84. The van der Waals surface area contributed by atoms with Crippen LogP contribution in [0.4, 0.5) is 0 Å². The summed E-state index contributed by atoms with van der Waals surface area (Å²) >= 11 is 0. The molecule has 0 aliphatic carbocycles. The first-order valence-corrected chi connectivity index (χ1v) is 7.48. The maximum Gasteiger partial charge on any atom is 0.0617 e. The molecular weight excluding hydrogens is 238 g/mol. The zero-order valence-electron chi connectivity index (χ0n) is 12.8. The second-order valence-corrected chi connectivity index (χ2v) is 6.16. The third-order valence-electron chi connectivity index (χ3n) is 3.24. The van der Waals surface area contributed by atoms with Crippen molar-refractivity contribution in [3.8, 4) is 0 Å². The quantitative estimate of drug-likeness (QED) is 0.577. The van der Waals surface area contributed by atoms with Crippen LogP contribution in [-0.2, 0) is 4.74 Å². The van der Waals surface area contributed by atoms with Crippen molar-refractivity contribution in [2.45, 2.75) is 33.2 Å². The molecule has 0 fully saturated rings. The average molecular weight is 269 g/mol. The Kier molecular flexibility index (Phi) is 8.30. The van der Waals surface area contributed by atoms with Crippen molar-refractivity contribution in [3.05, 3.63) is 12.2 Å². The van der Waals surface area contributed by atoms with E-state index in [1.54, 1.807) is 0 Å². The number of ether oxygens (including phenoxy) is 1. The Morgan fingerprint density at radius 2 is 1.89 bits per heavy atom. The number of nitrogens with one attached hydrogen (secondary N) is 3. The van der Waals surface area contributed by atoms with E-state index in [9.17, 15) is 0 Å². The topological polar surface area (TPSA) is 45.3 Å². The van der Waals surface area contributed by atoms with Crippen LogP contribution < -0.4 is 16.0 Å². The van der Waals surface area contributed by atoms with Gasteiger partial charge in [-0.3, -0.25) is 0 Å². The molecular formula is C15H31N3O. The van der Waals surface area contributed by atoms with E-state index in [2.05, 4.69) is 48.9 Å². The Morgan fingerprint density at radius 1 is 1.11 bits per heavy atom. The molecule has 0 spiro atoms. The first-order valence-electron chi connectivity index (χ1n) is 7.48. The van der Waals surface area contributed by atoms with Crippen LogP contribution in [0.3, 0.4) is 0 Å². The van der Waals surface area contributed by atoms with Crippen LogP contribution in [-0.4, -0.2) is 52.0 Å². The first kappa shape index (κ1) is 16.6. The summed E-state index contributed by atoms with van der Waals surface area (Å²) in [5.41, 5.74) is 0.269. The lowest BCUT2D eigenvalue weighted by molar-refractivity contribution is 0.115. The van der Waals surface area contributed by atoms with E-state index in [1.165, 1.54) is 0 Å². The zero-order chi connectivity index (χ0) is 14.0. The summed E-state index contributed by atoms with van der Waals surface area (Å²) in [6.07, 6.45) is 5.37. The first-order chi connectivity index (χ1) is 9.10. The standard InChI is InChI=1S/C15H31N3O/c1-14-11-19-10-6-4-5-7-16-8-9-17-12-15(2,3)13-18-14/h4-5,14,16-18H,6-13H2,1-3H3. The maximum absolute atomic E-state index is 5.67. The summed E-state index contributed by atoms with van der Waals surface area (Å²) in [7, 11) is 0. The smallest absolute Gasteiger partial charge is 0.0617 e. The van der Waals surface area contributed by atoms with Gasteiger partial charge in [0.05, 0.1) is 13.2 Å². The molecule has 19 heavy (non-hydrogen) atoms. The molecule has 1 heterocycles. The molecule has 1 aliphatic rings. The summed E-state index contributed by atoms with van der Waals surface area (Å²) in [5.74, 6) is 0. The molecule has 0 amide bonds. The van der Waals surface area contributed by atoms with Gasteiger partial charge < -0.3 is 20.7 Å². The van der Waals surface area contributed by atoms with Gasteiger partial charge in [0.2, 0.25) is 0 Å². The second-order valence-electron chi connectivity index (χ2n) is 6.16. The van der Waals surface area contributed by atoms with Crippen molar-refractivity contribution in [1.82, 2.24) is 16.0 Å². The highest BCUT2D eigenvalue weighted by Crippen LogP contribution is 2.11. The van der Waals surface area contributed by atoms with Gasteiger partial charge in [0, 0.05) is 38.8 Å². The van der Waals surface area contributed by atoms with E-state index in [0.29, 0.717) is 6.04 Å². The fraction of sp³-hybridized carbons (Fsp3) is 0.867. The van der Waals surface area contributed by atoms with Crippen molar-refractivity contribution in [1.29, 1.82) is 0 Å². The van der Waals surface area contributed by atoms with E-state index >= 15 is 0 Å². The molecule has 0 aromatic heterocycles. The predicted molar refractivity (Wildman–Crippen MR) is 81.6 cm³/mol. The largest absolute Gasteiger partial charge is 0.380 e. The Hall–Kier alpha value is -0.420.